The van der Waals surface area contributed by atoms with Crippen molar-refractivity contribution in [2.75, 3.05) is 17.2 Å². The monoisotopic (exact) mass is 401 g/mol. The van der Waals surface area contributed by atoms with E-state index < -0.39 is 24.2 Å². The Bertz CT molecular complexity index is 814. The molecule has 2 aromatic rings. The van der Waals surface area contributed by atoms with Crippen molar-refractivity contribution in [1.82, 2.24) is 4.98 Å². The Morgan fingerprint density at radius 2 is 2.00 bits per heavy atom. The lowest BCUT2D eigenvalue weighted by atomic mass is 10.3. The van der Waals surface area contributed by atoms with E-state index >= 15 is 0 Å². The molecule has 0 unspecified atom stereocenters. The van der Waals surface area contributed by atoms with Gasteiger partial charge in [-0.2, -0.15) is 8.78 Å². The SMILES string of the molecule is CC(=O)Nc1nc(C(=O)OCC(=O)Nc2ccccc2SC(F)F)cs1. The number of thioether (sulfide) groups is 1. The number of para-hydroxylation sites is 1. The number of benzene rings is 1. The minimum Gasteiger partial charge on any atom is -0.451 e. The van der Waals surface area contributed by atoms with Gasteiger partial charge in [-0.3, -0.25) is 9.59 Å². The second-order valence-electron chi connectivity index (χ2n) is 4.72. The third kappa shape index (κ3) is 6.08. The van der Waals surface area contributed by atoms with Crippen LogP contribution < -0.4 is 10.6 Å². The van der Waals surface area contributed by atoms with Gasteiger partial charge in [0.05, 0.1) is 5.69 Å². The standard InChI is InChI=1S/C15H13F2N3O4S2/c1-8(21)18-15-20-10(7-25-15)13(23)24-6-12(22)19-9-4-2-3-5-11(9)26-14(16)17/h2-5,7,14H,6H2,1H3,(H,19,22)(H,18,20,21). The lowest BCUT2D eigenvalue weighted by Crippen LogP contribution is -2.21. The van der Waals surface area contributed by atoms with Gasteiger partial charge in [0.2, 0.25) is 5.91 Å². The molecule has 1 heterocycles. The second kappa shape index (κ2) is 9.25. The van der Waals surface area contributed by atoms with E-state index in [2.05, 4.69) is 15.6 Å². The molecule has 0 atom stereocenters. The van der Waals surface area contributed by atoms with Crippen molar-refractivity contribution < 1.29 is 27.9 Å². The van der Waals surface area contributed by atoms with Crippen LogP contribution in [0, 0.1) is 0 Å². The van der Waals surface area contributed by atoms with Crippen LogP contribution in [0.15, 0.2) is 34.5 Å². The predicted octanol–water partition coefficient (Wildman–Crippen LogP) is 3.21. The van der Waals surface area contributed by atoms with Gasteiger partial charge in [0, 0.05) is 17.2 Å². The molecule has 2 N–H and O–H groups in total. The summed E-state index contributed by atoms with van der Waals surface area (Å²) in [7, 11) is 0. The van der Waals surface area contributed by atoms with Gasteiger partial charge in [0.15, 0.2) is 17.4 Å². The highest BCUT2D eigenvalue weighted by Crippen LogP contribution is 2.31. The molecule has 0 spiro atoms. The number of esters is 1. The topological polar surface area (TPSA) is 97.4 Å². The molecule has 138 valence electrons. The van der Waals surface area contributed by atoms with Crippen LogP contribution in [0.25, 0.3) is 0 Å². The highest BCUT2D eigenvalue weighted by atomic mass is 32.2. The molecular formula is C15H13F2N3O4S2. The van der Waals surface area contributed by atoms with E-state index in [-0.39, 0.29) is 27.3 Å². The maximum atomic E-state index is 12.5. The van der Waals surface area contributed by atoms with Gasteiger partial charge in [-0.05, 0) is 12.1 Å². The van der Waals surface area contributed by atoms with E-state index in [1.165, 1.54) is 24.4 Å². The summed E-state index contributed by atoms with van der Waals surface area (Å²) in [6, 6.07) is 6.05. The third-order valence-electron chi connectivity index (χ3n) is 2.71. The average molecular weight is 401 g/mol. The van der Waals surface area contributed by atoms with Crippen LogP contribution in [0.5, 0.6) is 0 Å². The number of rotatable bonds is 7. The average Bonchev–Trinajstić information content (AvgIpc) is 3.02. The van der Waals surface area contributed by atoms with E-state index in [0.717, 1.165) is 11.3 Å². The lowest BCUT2D eigenvalue weighted by Gasteiger charge is -2.10. The van der Waals surface area contributed by atoms with E-state index in [0.29, 0.717) is 11.8 Å². The number of alkyl halides is 2. The fraction of sp³-hybridized carbons (Fsp3) is 0.200. The Hall–Kier alpha value is -2.53. The highest BCUT2D eigenvalue weighted by molar-refractivity contribution is 7.99. The van der Waals surface area contributed by atoms with Crippen molar-refractivity contribution in [3.05, 3.63) is 35.3 Å². The number of carbonyl (C=O) groups is 3. The molecule has 1 aromatic heterocycles. The van der Waals surface area contributed by atoms with Crippen molar-refractivity contribution in [2.24, 2.45) is 0 Å². The van der Waals surface area contributed by atoms with E-state index in [1.807, 2.05) is 0 Å². The summed E-state index contributed by atoms with van der Waals surface area (Å²) in [6.45, 7) is 0.688. The Labute approximate surface area is 155 Å². The fourth-order valence-electron chi connectivity index (χ4n) is 1.74. The second-order valence-corrected chi connectivity index (χ2v) is 6.61. The molecule has 11 heteroatoms. The van der Waals surface area contributed by atoms with Gasteiger partial charge in [-0.25, -0.2) is 9.78 Å². The molecule has 26 heavy (non-hydrogen) atoms. The first kappa shape index (κ1) is 19.8. The van der Waals surface area contributed by atoms with Gasteiger partial charge >= 0.3 is 5.97 Å². The van der Waals surface area contributed by atoms with Crippen LogP contribution in [0.2, 0.25) is 0 Å². The number of ether oxygens (including phenoxy) is 1. The molecule has 2 rings (SSSR count). The molecule has 0 aliphatic heterocycles. The van der Waals surface area contributed by atoms with Crippen LogP contribution >= 0.6 is 23.1 Å². The fourth-order valence-corrected chi connectivity index (χ4v) is 3.06. The lowest BCUT2D eigenvalue weighted by molar-refractivity contribution is -0.119. The van der Waals surface area contributed by atoms with Crippen LogP contribution in [0.4, 0.5) is 19.6 Å². The van der Waals surface area contributed by atoms with E-state index in [1.54, 1.807) is 12.1 Å². The Morgan fingerprint density at radius 1 is 1.27 bits per heavy atom. The minimum atomic E-state index is -2.63. The van der Waals surface area contributed by atoms with Crippen LogP contribution in [-0.4, -0.2) is 35.1 Å². The molecule has 0 fully saturated rings. The largest absolute Gasteiger partial charge is 0.451 e. The number of nitrogens with one attached hydrogen (secondary N) is 2. The molecule has 0 aliphatic rings. The number of anilines is 2. The van der Waals surface area contributed by atoms with Gasteiger partial charge in [0.1, 0.15) is 0 Å². The minimum absolute atomic E-state index is 0.0554. The number of amides is 2. The molecule has 7 nitrogen and oxygen atoms in total. The molecule has 2 amide bonds. The zero-order valence-electron chi connectivity index (χ0n) is 13.3. The van der Waals surface area contributed by atoms with E-state index in [4.69, 9.17) is 4.74 Å². The molecule has 0 radical (unpaired) electrons. The first-order chi connectivity index (χ1) is 12.3. The zero-order chi connectivity index (χ0) is 19.1. The highest BCUT2D eigenvalue weighted by Gasteiger charge is 2.16. The van der Waals surface area contributed by atoms with Crippen molar-refractivity contribution in [1.29, 1.82) is 0 Å². The number of thiazole rings is 1. The first-order valence-corrected chi connectivity index (χ1v) is 8.85. The Morgan fingerprint density at radius 3 is 2.69 bits per heavy atom. The summed E-state index contributed by atoms with van der Waals surface area (Å²) < 4.78 is 29.8. The summed E-state index contributed by atoms with van der Waals surface area (Å²) in [4.78, 5) is 38.7. The van der Waals surface area contributed by atoms with Gasteiger partial charge in [0.25, 0.3) is 11.7 Å². The third-order valence-corrected chi connectivity index (χ3v) is 4.25. The maximum Gasteiger partial charge on any atom is 0.358 e. The predicted molar refractivity (Wildman–Crippen MR) is 93.6 cm³/mol. The smallest absolute Gasteiger partial charge is 0.358 e. The Balaban J connectivity index is 1.90. The summed E-state index contributed by atoms with van der Waals surface area (Å²) in [5.41, 5.74) is 0.139. The summed E-state index contributed by atoms with van der Waals surface area (Å²) in [5.74, 6) is -4.49. The molecular weight excluding hydrogens is 388 g/mol. The van der Waals surface area contributed by atoms with Crippen LogP contribution in [0.3, 0.4) is 0 Å². The first-order valence-electron chi connectivity index (χ1n) is 7.09. The number of hydrogen-bond acceptors (Lipinski definition) is 7. The summed E-state index contributed by atoms with van der Waals surface area (Å²) in [6.07, 6.45) is 0. The quantitative estimate of drug-likeness (QED) is 0.546. The number of carbonyl (C=O) groups excluding carboxylic acids is 3. The number of hydrogen-bond donors (Lipinski definition) is 2. The van der Waals surface area contributed by atoms with Gasteiger partial charge < -0.3 is 15.4 Å². The number of halogens is 2. The number of nitrogens with zero attached hydrogens (tertiary/aromatic N) is 1. The van der Waals surface area contributed by atoms with Crippen molar-refractivity contribution in [3.63, 3.8) is 0 Å². The normalized spacial score (nSPS) is 10.5. The van der Waals surface area contributed by atoms with Crippen molar-refractivity contribution >= 4 is 51.7 Å². The summed E-state index contributed by atoms with van der Waals surface area (Å²) in [5, 5.41) is 6.43. The Kier molecular flexibility index (Phi) is 7.04. The number of aromatic nitrogens is 1. The van der Waals surface area contributed by atoms with E-state index in [9.17, 15) is 23.2 Å². The molecule has 0 bridgehead atoms. The molecule has 0 saturated heterocycles. The summed E-state index contributed by atoms with van der Waals surface area (Å²) >= 11 is 1.33. The maximum absolute atomic E-state index is 12.5. The zero-order valence-corrected chi connectivity index (χ0v) is 15.0. The molecule has 1 aromatic carbocycles. The van der Waals surface area contributed by atoms with Crippen LogP contribution in [-0.2, 0) is 14.3 Å². The molecule has 0 aliphatic carbocycles. The van der Waals surface area contributed by atoms with Crippen molar-refractivity contribution in [2.45, 2.75) is 17.6 Å². The van der Waals surface area contributed by atoms with Gasteiger partial charge in [-0.15, -0.1) is 11.3 Å². The molecule has 0 saturated carbocycles. The van der Waals surface area contributed by atoms with Gasteiger partial charge in [-0.1, -0.05) is 23.9 Å². The van der Waals surface area contributed by atoms with Crippen molar-refractivity contribution in [3.8, 4) is 0 Å². The van der Waals surface area contributed by atoms with Crippen LogP contribution in [0.1, 0.15) is 17.4 Å².